The molecule has 27 heavy (non-hydrogen) atoms. The summed E-state index contributed by atoms with van der Waals surface area (Å²) in [5.41, 5.74) is 3.12. The van der Waals surface area contributed by atoms with Gasteiger partial charge in [-0.15, -0.1) is 0 Å². The lowest BCUT2D eigenvalue weighted by Gasteiger charge is -2.12. The second-order valence-electron chi connectivity index (χ2n) is 6.22. The lowest BCUT2D eigenvalue weighted by Crippen LogP contribution is -2.16. The van der Waals surface area contributed by atoms with Gasteiger partial charge in [0.1, 0.15) is 12.4 Å². The van der Waals surface area contributed by atoms with E-state index in [1.54, 1.807) is 12.1 Å². The first kappa shape index (κ1) is 19.7. The van der Waals surface area contributed by atoms with Crippen LogP contribution in [0.3, 0.4) is 0 Å². The Bertz CT molecular complexity index is 846. The minimum absolute atomic E-state index is 0.217. The van der Waals surface area contributed by atoms with E-state index in [4.69, 9.17) is 27.9 Å². The van der Waals surface area contributed by atoms with Gasteiger partial charge in [-0.25, -0.2) is 4.39 Å². The molecular formula is C22H20Cl2FNO. The SMILES string of the molecule is Fc1ccc(CCNCc2cc(Cl)c(OCc3ccccc3)c(Cl)c2)cc1. The summed E-state index contributed by atoms with van der Waals surface area (Å²) >= 11 is 12.7. The highest BCUT2D eigenvalue weighted by atomic mass is 35.5. The Kier molecular flexibility index (Phi) is 7.11. The number of benzene rings is 3. The molecule has 0 aromatic heterocycles. The van der Waals surface area contributed by atoms with E-state index in [0.717, 1.165) is 29.7 Å². The van der Waals surface area contributed by atoms with E-state index in [2.05, 4.69) is 5.32 Å². The first-order valence-electron chi connectivity index (χ1n) is 8.71. The molecule has 0 bridgehead atoms. The molecule has 0 heterocycles. The summed E-state index contributed by atoms with van der Waals surface area (Å²) in [6, 6.07) is 20.1. The van der Waals surface area contributed by atoms with Gasteiger partial charge in [0.05, 0.1) is 10.0 Å². The van der Waals surface area contributed by atoms with Gasteiger partial charge in [-0.05, 0) is 53.9 Å². The molecule has 0 amide bonds. The van der Waals surface area contributed by atoms with Crippen LogP contribution in [0.1, 0.15) is 16.7 Å². The van der Waals surface area contributed by atoms with Crippen molar-refractivity contribution in [1.29, 1.82) is 0 Å². The molecule has 2 nitrogen and oxygen atoms in total. The quantitative estimate of drug-likeness (QED) is 0.462. The summed E-state index contributed by atoms with van der Waals surface area (Å²) in [6.07, 6.45) is 0.819. The largest absolute Gasteiger partial charge is 0.486 e. The van der Waals surface area contributed by atoms with Crippen LogP contribution >= 0.6 is 23.2 Å². The van der Waals surface area contributed by atoms with Crippen molar-refractivity contribution < 1.29 is 9.13 Å². The predicted molar refractivity (Wildman–Crippen MR) is 109 cm³/mol. The van der Waals surface area contributed by atoms with Crippen molar-refractivity contribution in [2.75, 3.05) is 6.54 Å². The van der Waals surface area contributed by atoms with E-state index < -0.39 is 0 Å². The molecule has 5 heteroatoms. The van der Waals surface area contributed by atoms with Crippen molar-refractivity contribution >= 4 is 23.2 Å². The van der Waals surface area contributed by atoms with Crippen molar-refractivity contribution in [3.63, 3.8) is 0 Å². The minimum atomic E-state index is -0.217. The Morgan fingerprint density at radius 2 is 1.48 bits per heavy atom. The number of hydrogen-bond donors (Lipinski definition) is 1. The maximum atomic E-state index is 12.9. The fourth-order valence-electron chi connectivity index (χ4n) is 2.70. The van der Waals surface area contributed by atoms with Crippen molar-refractivity contribution in [3.8, 4) is 5.75 Å². The lowest BCUT2D eigenvalue weighted by atomic mass is 10.1. The Morgan fingerprint density at radius 1 is 0.815 bits per heavy atom. The predicted octanol–water partition coefficient (Wildman–Crippen LogP) is 6.04. The van der Waals surface area contributed by atoms with Crippen LogP contribution in [0.2, 0.25) is 10.0 Å². The third-order valence-electron chi connectivity index (χ3n) is 4.12. The maximum Gasteiger partial charge on any atom is 0.156 e. The third-order valence-corrected chi connectivity index (χ3v) is 4.68. The third kappa shape index (κ3) is 5.96. The number of nitrogens with one attached hydrogen (secondary N) is 1. The zero-order valence-corrected chi connectivity index (χ0v) is 16.2. The number of halogens is 3. The Labute approximate surface area is 168 Å². The maximum absolute atomic E-state index is 12.9. The molecule has 0 saturated carbocycles. The first-order chi connectivity index (χ1) is 13.1. The molecule has 0 atom stereocenters. The van der Waals surface area contributed by atoms with Crippen LogP contribution in [0.15, 0.2) is 66.7 Å². The van der Waals surface area contributed by atoms with Gasteiger partial charge in [-0.2, -0.15) is 0 Å². The normalized spacial score (nSPS) is 10.8. The Hall–Kier alpha value is -2.07. The van der Waals surface area contributed by atoms with E-state index in [0.29, 0.717) is 28.9 Å². The van der Waals surface area contributed by atoms with E-state index in [1.807, 2.05) is 42.5 Å². The molecule has 0 radical (unpaired) electrons. The van der Waals surface area contributed by atoms with Crippen molar-refractivity contribution in [3.05, 3.63) is 99.3 Å². The van der Waals surface area contributed by atoms with Crippen LogP contribution in [0, 0.1) is 5.82 Å². The number of rotatable bonds is 8. The van der Waals surface area contributed by atoms with Crippen molar-refractivity contribution in [2.45, 2.75) is 19.6 Å². The minimum Gasteiger partial charge on any atom is -0.486 e. The molecule has 0 spiro atoms. The molecule has 0 unspecified atom stereocenters. The fourth-order valence-corrected chi connectivity index (χ4v) is 3.34. The Balaban J connectivity index is 1.52. The van der Waals surface area contributed by atoms with E-state index >= 15 is 0 Å². The van der Waals surface area contributed by atoms with E-state index in [1.165, 1.54) is 12.1 Å². The summed E-state index contributed by atoms with van der Waals surface area (Å²) in [4.78, 5) is 0. The highest BCUT2D eigenvalue weighted by molar-refractivity contribution is 6.37. The van der Waals surface area contributed by atoms with Crippen LogP contribution in [0.25, 0.3) is 0 Å². The Morgan fingerprint density at radius 3 is 2.15 bits per heavy atom. The van der Waals surface area contributed by atoms with Gasteiger partial charge in [0.15, 0.2) is 5.75 Å². The smallest absolute Gasteiger partial charge is 0.156 e. The van der Waals surface area contributed by atoms with Crippen LogP contribution in [-0.4, -0.2) is 6.54 Å². The highest BCUT2D eigenvalue weighted by Gasteiger charge is 2.10. The second-order valence-corrected chi connectivity index (χ2v) is 7.03. The number of hydrogen-bond acceptors (Lipinski definition) is 2. The van der Waals surface area contributed by atoms with E-state index in [9.17, 15) is 4.39 Å². The lowest BCUT2D eigenvalue weighted by molar-refractivity contribution is 0.306. The molecule has 0 fully saturated rings. The van der Waals surface area contributed by atoms with Gasteiger partial charge in [0, 0.05) is 6.54 Å². The highest BCUT2D eigenvalue weighted by Crippen LogP contribution is 2.34. The molecular weight excluding hydrogens is 384 g/mol. The first-order valence-corrected chi connectivity index (χ1v) is 9.47. The van der Waals surface area contributed by atoms with Crippen LogP contribution in [0.4, 0.5) is 4.39 Å². The zero-order valence-electron chi connectivity index (χ0n) is 14.7. The van der Waals surface area contributed by atoms with Gasteiger partial charge in [-0.3, -0.25) is 0 Å². The van der Waals surface area contributed by atoms with Gasteiger partial charge in [-0.1, -0.05) is 65.7 Å². The summed E-state index contributed by atoms with van der Waals surface area (Å²) in [5, 5.41) is 4.33. The molecule has 0 aliphatic rings. The van der Waals surface area contributed by atoms with Gasteiger partial charge < -0.3 is 10.1 Å². The molecule has 3 aromatic carbocycles. The second kappa shape index (κ2) is 9.75. The standard InChI is InChI=1S/C22H20Cl2FNO/c23-20-12-18(14-26-11-10-16-6-8-19(25)9-7-16)13-21(24)22(20)27-15-17-4-2-1-3-5-17/h1-9,12-13,26H,10-11,14-15H2. The molecule has 0 aliphatic heterocycles. The summed E-state index contributed by atoms with van der Waals surface area (Å²) in [5.74, 6) is 0.280. The van der Waals surface area contributed by atoms with Crippen LogP contribution < -0.4 is 10.1 Å². The van der Waals surface area contributed by atoms with Crippen LogP contribution in [-0.2, 0) is 19.6 Å². The van der Waals surface area contributed by atoms with Gasteiger partial charge in [0.25, 0.3) is 0 Å². The topological polar surface area (TPSA) is 21.3 Å². The molecule has 1 N–H and O–H groups in total. The monoisotopic (exact) mass is 403 g/mol. The molecule has 0 saturated heterocycles. The fraction of sp³-hybridized carbons (Fsp3) is 0.182. The van der Waals surface area contributed by atoms with Gasteiger partial charge in [0.2, 0.25) is 0 Å². The van der Waals surface area contributed by atoms with Gasteiger partial charge >= 0.3 is 0 Å². The van der Waals surface area contributed by atoms with E-state index in [-0.39, 0.29) is 5.82 Å². The van der Waals surface area contributed by atoms with Crippen molar-refractivity contribution in [1.82, 2.24) is 5.32 Å². The zero-order chi connectivity index (χ0) is 19.1. The van der Waals surface area contributed by atoms with Crippen molar-refractivity contribution in [2.24, 2.45) is 0 Å². The average molecular weight is 404 g/mol. The average Bonchev–Trinajstić information content (AvgIpc) is 2.67. The summed E-state index contributed by atoms with van der Waals surface area (Å²) in [7, 11) is 0. The summed E-state index contributed by atoms with van der Waals surface area (Å²) < 4.78 is 18.7. The number of ether oxygens (including phenoxy) is 1. The molecule has 140 valence electrons. The molecule has 3 rings (SSSR count). The summed E-state index contributed by atoms with van der Waals surface area (Å²) in [6.45, 7) is 1.82. The van der Waals surface area contributed by atoms with Crippen LogP contribution in [0.5, 0.6) is 5.75 Å². The molecule has 0 aliphatic carbocycles. The molecule has 3 aromatic rings.